The van der Waals surface area contributed by atoms with Crippen LogP contribution in [0.15, 0.2) is 56.7 Å². The molecule has 0 bridgehead atoms. The van der Waals surface area contributed by atoms with Crippen molar-refractivity contribution in [1.82, 2.24) is 5.43 Å². The molecule has 2 atom stereocenters. The highest BCUT2D eigenvalue weighted by Gasteiger charge is 2.42. The summed E-state index contributed by atoms with van der Waals surface area (Å²) >= 11 is 3.41. The maximum Gasteiger partial charge on any atom is 0.355 e. The fourth-order valence-electron chi connectivity index (χ4n) is 2.65. The van der Waals surface area contributed by atoms with Crippen molar-refractivity contribution in [2.75, 3.05) is 6.61 Å². The van der Waals surface area contributed by atoms with Gasteiger partial charge in [-0.05, 0) is 36.8 Å². The molecule has 124 valence electrons. The summed E-state index contributed by atoms with van der Waals surface area (Å²) in [5, 5.41) is 4.07. The molecule has 2 unspecified atom stereocenters. The van der Waals surface area contributed by atoms with Crippen LogP contribution in [0.1, 0.15) is 29.0 Å². The van der Waals surface area contributed by atoms with Crippen LogP contribution >= 0.6 is 15.9 Å². The van der Waals surface area contributed by atoms with Gasteiger partial charge in [0.15, 0.2) is 11.5 Å². The summed E-state index contributed by atoms with van der Waals surface area (Å²) in [5.41, 5.74) is 3.73. The predicted molar refractivity (Wildman–Crippen MR) is 90.9 cm³/mol. The Morgan fingerprint density at radius 2 is 2.17 bits per heavy atom. The minimum Gasteiger partial charge on any atom is -0.461 e. The standard InChI is InChI=1S/C17H15BrN2O4/c1-2-23-17(22)15-13(10-5-3-6-11(18)9-10)14(19-20-15)16(21)12-7-4-8-24-12/h3-9,13-14,19H,2H2,1H3. The smallest absolute Gasteiger partial charge is 0.355 e. The molecule has 2 aromatic rings. The normalized spacial score (nSPS) is 19.5. The Kier molecular flexibility index (Phi) is 4.80. The molecule has 6 nitrogen and oxygen atoms in total. The highest BCUT2D eigenvalue weighted by Crippen LogP contribution is 2.30. The summed E-state index contributed by atoms with van der Waals surface area (Å²) in [4.78, 5) is 24.9. The number of hydrazone groups is 1. The zero-order valence-corrected chi connectivity index (χ0v) is 14.4. The number of benzene rings is 1. The molecule has 1 aliphatic rings. The third-order valence-electron chi connectivity index (χ3n) is 3.69. The summed E-state index contributed by atoms with van der Waals surface area (Å²) in [7, 11) is 0. The van der Waals surface area contributed by atoms with E-state index in [4.69, 9.17) is 9.15 Å². The molecule has 0 fully saturated rings. The summed E-state index contributed by atoms with van der Waals surface area (Å²) < 4.78 is 11.1. The molecule has 24 heavy (non-hydrogen) atoms. The third kappa shape index (κ3) is 3.12. The summed E-state index contributed by atoms with van der Waals surface area (Å²) in [5.74, 6) is -1.15. The topological polar surface area (TPSA) is 80.9 Å². The van der Waals surface area contributed by atoms with E-state index in [1.165, 1.54) is 6.26 Å². The van der Waals surface area contributed by atoms with Crippen LogP contribution in [0, 0.1) is 0 Å². The van der Waals surface area contributed by atoms with Crippen LogP contribution < -0.4 is 5.43 Å². The SMILES string of the molecule is CCOC(=O)C1=NNC(C(=O)c2ccco2)C1c1cccc(Br)c1. The Labute approximate surface area is 147 Å². The Morgan fingerprint density at radius 1 is 1.33 bits per heavy atom. The molecule has 0 amide bonds. The highest BCUT2D eigenvalue weighted by molar-refractivity contribution is 9.10. The zero-order chi connectivity index (χ0) is 17.1. The molecule has 0 aliphatic carbocycles. The number of Topliss-reactive ketones (excluding diaryl/α,β-unsaturated/α-hetero) is 1. The molecule has 1 aliphatic heterocycles. The van der Waals surface area contributed by atoms with Gasteiger partial charge in [-0.2, -0.15) is 5.10 Å². The van der Waals surface area contributed by atoms with Crippen LogP contribution in [0.25, 0.3) is 0 Å². The van der Waals surface area contributed by atoms with Gasteiger partial charge in [0, 0.05) is 4.47 Å². The number of carbonyl (C=O) groups is 2. The lowest BCUT2D eigenvalue weighted by molar-refractivity contribution is -0.135. The number of hydrogen-bond acceptors (Lipinski definition) is 6. The Balaban J connectivity index is 1.98. The third-order valence-corrected chi connectivity index (χ3v) is 4.18. The van der Waals surface area contributed by atoms with Crippen LogP contribution in [0.3, 0.4) is 0 Å². The first-order chi connectivity index (χ1) is 11.6. The fraction of sp³-hybridized carbons (Fsp3) is 0.235. The maximum atomic E-state index is 12.7. The second-order valence-corrected chi connectivity index (χ2v) is 6.11. The molecule has 1 aromatic carbocycles. The largest absolute Gasteiger partial charge is 0.461 e. The van der Waals surface area contributed by atoms with Crippen LogP contribution in [-0.2, 0) is 9.53 Å². The molecular weight excluding hydrogens is 376 g/mol. The molecule has 3 rings (SSSR count). The molecule has 0 radical (unpaired) electrons. The molecule has 7 heteroatoms. The van der Waals surface area contributed by atoms with Gasteiger partial charge in [0.05, 0.1) is 18.8 Å². The van der Waals surface area contributed by atoms with Crippen LogP contribution in [0.4, 0.5) is 0 Å². The number of furan rings is 1. The molecule has 1 N–H and O–H groups in total. The van der Waals surface area contributed by atoms with Crippen molar-refractivity contribution in [2.24, 2.45) is 5.10 Å². The summed E-state index contributed by atoms with van der Waals surface area (Å²) in [6, 6.07) is 9.91. The van der Waals surface area contributed by atoms with E-state index in [1.807, 2.05) is 24.3 Å². The van der Waals surface area contributed by atoms with E-state index in [0.29, 0.717) is 0 Å². The first-order valence-corrected chi connectivity index (χ1v) is 8.24. The number of carbonyl (C=O) groups excluding carboxylic acids is 2. The lowest BCUT2D eigenvalue weighted by Gasteiger charge is -2.19. The van der Waals surface area contributed by atoms with Crippen LogP contribution in [-0.4, -0.2) is 30.1 Å². The van der Waals surface area contributed by atoms with Crippen LogP contribution in [0.5, 0.6) is 0 Å². The monoisotopic (exact) mass is 390 g/mol. The van der Waals surface area contributed by atoms with Crippen molar-refractivity contribution < 1.29 is 18.7 Å². The molecule has 0 saturated heterocycles. The predicted octanol–water partition coefficient (Wildman–Crippen LogP) is 2.90. The average molecular weight is 391 g/mol. The van der Waals surface area contributed by atoms with E-state index < -0.39 is 17.9 Å². The van der Waals surface area contributed by atoms with Gasteiger partial charge in [-0.3, -0.25) is 10.2 Å². The Morgan fingerprint density at radius 3 is 2.83 bits per heavy atom. The quantitative estimate of drug-likeness (QED) is 0.626. The minimum atomic E-state index is -0.732. The van der Waals surface area contributed by atoms with Gasteiger partial charge in [-0.15, -0.1) is 0 Å². The number of rotatable bonds is 5. The van der Waals surface area contributed by atoms with Gasteiger partial charge >= 0.3 is 5.97 Å². The number of esters is 1. The van der Waals surface area contributed by atoms with Gasteiger partial charge < -0.3 is 9.15 Å². The van der Waals surface area contributed by atoms with Gasteiger partial charge in [0.1, 0.15) is 6.04 Å². The van der Waals surface area contributed by atoms with Crippen molar-refractivity contribution in [2.45, 2.75) is 18.9 Å². The van der Waals surface area contributed by atoms with Crippen molar-refractivity contribution in [3.63, 3.8) is 0 Å². The van der Waals surface area contributed by atoms with E-state index in [2.05, 4.69) is 26.5 Å². The number of halogens is 1. The van der Waals surface area contributed by atoms with Crippen molar-refractivity contribution in [3.05, 3.63) is 58.5 Å². The first-order valence-electron chi connectivity index (χ1n) is 7.45. The van der Waals surface area contributed by atoms with E-state index in [-0.39, 0.29) is 23.9 Å². The van der Waals surface area contributed by atoms with Gasteiger partial charge in [-0.25, -0.2) is 4.79 Å². The summed E-state index contributed by atoms with van der Waals surface area (Å²) in [6.45, 7) is 1.96. The second kappa shape index (κ2) is 7.00. The second-order valence-electron chi connectivity index (χ2n) is 5.20. The average Bonchev–Trinajstić information content (AvgIpc) is 3.24. The number of nitrogens with one attached hydrogen (secondary N) is 1. The highest BCUT2D eigenvalue weighted by atomic mass is 79.9. The van der Waals surface area contributed by atoms with E-state index >= 15 is 0 Å². The minimum absolute atomic E-state index is 0.180. The van der Waals surface area contributed by atoms with E-state index in [0.717, 1.165) is 10.0 Å². The number of nitrogens with zero attached hydrogens (tertiary/aromatic N) is 1. The summed E-state index contributed by atoms with van der Waals surface area (Å²) in [6.07, 6.45) is 1.43. The Bertz CT molecular complexity index is 786. The molecule has 0 saturated carbocycles. The van der Waals surface area contributed by atoms with Gasteiger partial charge in [0.2, 0.25) is 5.78 Å². The van der Waals surface area contributed by atoms with Gasteiger partial charge in [0.25, 0.3) is 0 Å². The van der Waals surface area contributed by atoms with E-state index in [1.54, 1.807) is 19.1 Å². The van der Waals surface area contributed by atoms with Crippen LogP contribution in [0.2, 0.25) is 0 Å². The number of ketones is 1. The maximum absolute atomic E-state index is 12.7. The number of hydrogen-bond donors (Lipinski definition) is 1. The number of ether oxygens (including phenoxy) is 1. The van der Waals surface area contributed by atoms with Crippen molar-refractivity contribution in [1.29, 1.82) is 0 Å². The fourth-order valence-corrected chi connectivity index (χ4v) is 3.07. The molecule has 2 heterocycles. The van der Waals surface area contributed by atoms with Crippen molar-refractivity contribution >= 4 is 33.4 Å². The van der Waals surface area contributed by atoms with Gasteiger partial charge in [-0.1, -0.05) is 28.1 Å². The molecular formula is C17H15BrN2O4. The lowest BCUT2D eigenvalue weighted by Crippen LogP contribution is -2.37. The molecule has 0 spiro atoms. The zero-order valence-electron chi connectivity index (χ0n) is 12.9. The lowest BCUT2D eigenvalue weighted by atomic mass is 9.85. The van der Waals surface area contributed by atoms with E-state index in [9.17, 15) is 9.59 Å². The Hall–Kier alpha value is -2.41. The molecule has 1 aromatic heterocycles. The van der Waals surface area contributed by atoms with Crippen molar-refractivity contribution in [3.8, 4) is 0 Å². The first kappa shape index (κ1) is 16.4.